The van der Waals surface area contributed by atoms with E-state index >= 15 is 0 Å². The van der Waals surface area contributed by atoms with Gasteiger partial charge in [-0.3, -0.25) is 14.9 Å². The van der Waals surface area contributed by atoms with Gasteiger partial charge >= 0.3 is 0 Å². The fourth-order valence-corrected chi connectivity index (χ4v) is 2.32. The van der Waals surface area contributed by atoms with Crippen LogP contribution in [0.25, 0.3) is 0 Å². The van der Waals surface area contributed by atoms with Crippen LogP contribution >= 0.6 is 0 Å². The molecule has 2 amide bonds. The van der Waals surface area contributed by atoms with Gasteiger partial charge in [-0.05, 0) is 54.9 Å². The van der Waals surface area contributed by atoms with Gasteiger partial charge in [-0.2, -0.15) is 0 Å². The third kappa shape index (κ3) is 6.26. The molecule has 5 N–H and O–H groups in total. The van der Waals surface area contributed by atoms with Gasteiger partial charge in [0.2, 0.25) is 0 Å². The maximum atomic E-state index is 11.7. The van der Waals surface area contributed by atoms with E-state index in [9.17, 15) is 9.59 Å². The summed E-state index contributed by atoms with van der Waals surface area (Å²) in [5.41, 5.74) is 7.18. The number of nitrogens with two attached hydrogens (primary N) is 1. The second-order valence-corrected chi connectivity index (χ2v) is 5.88. The lowest BCUT2D eigenvalue weighted by Gasteiger charge is -2.03. The van der Waals surface area contributed by atoms with Crippen LogP contribution in [0.2, 0.25) is 0 Å². The third-order valence-electron chi connectivity index (χ3n) is 3.77. The lowest BCUT2D eigenvalue weighted by atomic mass is 10.1. The van der Waals surface area contributed by atoms with Crippen LogP contribution in [-0.2, 0) is 6.42 Å². The zero-order valence-electron chi connectivity index (χ0n) is 15.2. The summed E-state index contributed by atoms with van der Waals surface area (Å²) in [6.07, 6.45) is 0.716. The van der Waals surface area contributed by atoms with Crippen molar-refractivity contribution in [2.45, 2.75) is 6.42 Å². The molecule has 3 aromatic carbocycles. The van der Waals surface area contributed by atoms with Crippen LogP contribution in [0.1, 0.15) is 26.3 Å². The zero-order valence-corrected chi connectivity index (χ0v) is 15.2. The quantitative estimate of drug-likeness (QED) is 0.412. The number of hydrogen-bond donors (Lipinski definition) is 4. The average molecular weight is 378 g/mol. The molecule has 0 aliphatic rings. The van der Waals surface area contributed by atoms with E-state index in [1.807, 2.05) is 12.1 Å². The van der Waals surface area contributed by atoms with Gasteiger partial charge < -0.3 is 15.9 Å². The number of nitrogens with one attached hydrogen (secondary N) is 1. The largest absolute Gasteiger partial charge is 0.504 e. The van der Waals surface area contributed by atoms with Gasteiger partial charge in [0, 0.05) is 11.1 Å². The Morgan fingerprint density at radius 1 is 0.750 bits per heavy atom. The number of phenols is 2. The Labute approximate surface area is 163 Å². The molecule has 6 heteroatoms. The van der Waals surface area contributed by atoms with Crippen molar-refractivity contribution in [1.29, 1.82) is 0 Å². The number of benzene rings is 3. The van der Waals surface area contributed by atoms with E-state index in [1.54, 1.807) is 54.6 Å². The molecule has 0 radical (unpaired) electrons. The van der Waals surface area contributed by atoms with E-state index in [0.29, 0.717) is 24.1 Å². The van der Waals surface area contributed by atoms with Gasteiger partial charge in [0.1, 0.15) is 0 Å². The number of amides is 2. The molecule has 3 aromatic rings. The Bertz CT molecular complexity index is 863. The number of carbonyl (C=O) groups excluding carboxylic acids is 2. The standard InChI is InChI=1S/C14H11NO2.C8H11NO2/c16-13(11-7-3-1-4-8-11)15-14(17)12-9-5-2-6-10-12;9-4-3-6-1-2-7(10)8(11)5-6/h1-10H,(H,15,16,17);1-2,5,10-11H,3-4,9H2. The van der Waals surface area contributed by atoms with Crippen molar-refractivity contribution in [2.75, 3.05) is 6.54 Å². The zero-order chi connectivity index (χ0) is 20.4. The molecule has 0 saturated carbocycles. The molecule has 3 rings (SSSR count). The first kappa shape index (κ1) is 20.7. The van der Waals surface area contributed by atoms with Crippen LogP contribution in [0.3, 0.4) is 0 Å². The van der Waals surface area contributed by atoms with E-state index < -0.39 is 0 Å². The summed E-state index contributed by atoms with van der Waals surface area (Å²) in [4.78, 5) is 23.4. The molecule has 0 fully saturated rings. The highest BCUT2D eigenvalue weighted by Crippen LogP contribution is 2.24. The van der Waals surface area contributed by atoms with Gasteiger partial charge in [-0.1, -0.05) is 42.5 Å². The second kappa shape index (κ2) is 10.5. The minimum Gasteiger partial charge on any atom is -0.504 e. The number of carbonyl (C=O) groups is 2. The van der Waals surface area contributed by atoms with E-state index in [4.69, 9.17) is 15.9 Å². The second-order valence-electron chi connectivity index (χ2n) is 5.88. The van der Waals surface area contributed by atoms with Crippen LogP contribution in [0.15, 0.2) is 78.9 Å². The maximum absolute atomic E-state index is 11.7. The SMILES string of the molecule is NCCc1ccc(O)c(O)c1.O=C(NC(=O)c1ccccc1)c1ccccc1. The van der Waals surface area contributed by atoms with E-state index in [-0.39, 0.29) is 23.3 Å². The first-order valence-corrected chi connectivity index (χ1v) is 8.68. The molecular formula is C22H22N2O4. The summed E-state index contributed by atoms with van der Waals surface area (Å²) in [7, 11) is 0. The molecule has 0 saturated heterocycles. The van der Waals surface area contributed by atoms with Gasteiger partial charge in [0.25, 0.3) is 11.8 Å². The third-order valence-corrected chi connectivity index (χ3v) is 3.77. The Morgan fingerprint density at radius 3 is 1.68 bits per heavy atom. The van der Waals surface area contributed by atoms with Crippen molar-refractivity contribution in [3.8, 4) is 11.5 Å². The van der Waals surface area contributed by atoms with Crippen LogP contribution in [0.5, 0.6) is 11.5 Å². The molecule has 0 atom stereocenters. The molecule has 6 nitrogen and oxygen atoms in total. The number of imide groups is 1. The smallest absolute Gasteiger partial charge is 0.258 e. The molecule has 0 unspecified atom stereocenters. The van der Waals surface area contributed by atoms with Crippen molar-refractivity contribution in [2.24, 2.45) is 5.73 Å². The minimum atomic E-state index is -0.389. The topological polar surface area (TPSA) is 113 Å². The summed E-state index contributed by atoms with van der Waals surface area (Å²) in [6, 6.07) is 22.0. The van der Waals surface area contributed by atoms with Gasteiger partial charge in [0.15, 0.2) is 11.5 Å². The molecule has 0 aromatic heterocycles. The van der Waals surface area contributed by atoms with Crippen molar-refractivity contribution in [1.82, 2.24) is 5.32 Å². The molecule has 0 bridgehead atoms. The van der Waals surface area contributed by atoms with Gasteiger partial charge in [0.05, 0.1) is 0 Å². The average Bonchev–Trinajstić information content (AvgIpc) is 2.73. The Hall–Kier alpha value is -3.64. The first-order chi connectivity index (χ1) is 13.5. The number of rotatable bonds is 4. The Morgan fingerprint density at radius 2 is 1.25 bits per heavy atom. The van der Waals surface area contributed by atoms with Gasteiger partial charge in [-0.25, -0.2) is 0 Å². The van der Waals surface area contributed by atoms with E-state index in [0.717, 1.165) is 5.56 Å². The number of phenolic OH excluding ortho intramolecular Hbond substituents is 2. The van der Waals surface area contributed by atoms with Gasteiger partial charge in [-0.15, -0.1) is 0 Å². The number of hydrogen-bond acceptors (Lipinski definition) is 5. The molecular weight excluding hydrogens is 356 g/mol. The van der Waals surface area contributed by atoms with Crippen molar-refractivity contribution < 1.29 is 19.8 Å². The highest BCUT2D eigenvalue weighted by Gasteiger charge is 2.10. The summed E-state index contributed by atoms with van der Waals surface area (Å²) < 4.78 is 0. The minimum absolute atomic E-state index is 0.0871. The maximum Gasteiger partial charge on any atom is 0.258 e. The Kier molecular flexibility index (Phi) is 7.75. The predicted molar refractivity (Wildman–Crippen MR) is 107 cm³/mol. The normalized spacial score (nSPS) is 9.75. The molecule has 0 spiro atoms. The van der Waals surface area contributed by atoms with Crippen molar-refractivity contribution >= 4 is 11.8 Å². The summed E-state index contributed by atoms with van der Waals surface area (Å²) in [6.45, 7) is 0.546. The van der Waals surface area contributed by atoms with E-state index in [1.165, 1.54) is 12.1 Å². The fraction of sp³-hybridized carbons (Fsp3) is 0.0909. The van der Waals surface area contributed by atoms with Crippen LogP contribution < -0.4 is 11.1 Å². The predicted octanol–water partition coefficient (Wildman–Crippen LogP) is 2.86. The van der Waals surface area contributed by atoms with Crippen molar-refractivity contribution in [3.63, 3.8) is 0 Å². The summed E-state index contributed by atoms with van der Waals surface area (Å²) >= 11 is 0. The first-order valence-electron chi connectivity index (χ1n) is 8.68. The number of aromatic hydroxyl groups is 2. The molecule has 144 valence electrons. The van der Waals surface area contributed by atoms with Crippen LogP contribution in [0.4, 0.5) is 0 Å². The lowest BCUT2D eigenvalue weighted by molar-refractivity contribution is 0.0849. The molecule has 0 aliphatic carbocycles. The summed E-state index contributed by atoms with van der Waals surface area (Å²) in [5.74, 6) is -0.958. The molecule has 28 heavy (non-hydrogen) atoms. The van der Waals surface area contributed by atoms with Crippen molar-refractivity contribution in [3.05, 3.63) is 95.6 Å². The lowest BCUT2D eigenvalue weighted by Crippen LogP contribution is -2.30. The molecule has 0 aliphatic heterocycles. The van der Waals surface area contributed by atoms with Crippen LogP contribution in [-0.4, -0.2) is 28.6 Å². The highest BCUT2D eigenvalue weighted by molar-refractivity contribution is 6.10. The van der Waals surface area contributed by atoms with E-state index in [2.05, 4.69) is 5.32 Å². The monoisotopic (exact) mass is 378 g/mol. The fourth-order valence-electron chi connectivity index (χ4n) is 2.32. The summed E-state index contributed by atoms with van der Waals surface area (Å²) in [5, 5.41) is 20.3. The van der Waals surface area contributed by atoms with Crippen LogP contribution in [0, 0.1) is 0 Å². The Balaban J connectivity index is 0.000000221. The molecule has 0 heterocycles. The highest BCUT2D eigenvalue weighted by atomic mass is 16.3.